The summed E-state index contributed by atoms with van der Waals surface area (Å²) >= 11 is 14.2. The first kappa shape index (κ1) is 24.3. The lowest BCUT2D eigenvalue weighted by atomic mass is 10.0. The maximum atomic E-state index is 12.8. The number of aromatic amines is 1. The van der Waals surface area contributed by atoms with Gasteiger partial charge in [-0.1, -0.05) is 29.3 Å². The van der Waals surface area contributed by atoms with Crippen LogP contribution in [0, 0.1) is 0 Å². The molecule has 9 heteroatoms. The van der Waals surface area contributed by atoms with Crippen LogP contribution in [0.15, 0.2) is 42.7 Å². The van der Waals surface area contributed by atoms with Gasteiger partial charge in [0.05, 0.1) is 20.6 Å². The number of carbonyl (C=O) groups excluding carboxylic acids is 1. The minimum atomic E-state index is -0.642. The lowest BCUT2D eigenvalue weighted by Gasteiger charge is -2.20. The Labute approximate surface area is 200 Å². The normalized spacial score (nSPS) is 11.8. The Bertz CT molecular complexity index is 1050. The van der Waals surface area contributed by atoms with Gasteiger partial charge < -0.3 is 19.3 Å². The molecule has 0 radical (unpaired) electrons. The molecule has 0 saturated carbocycles. The van der Waals surface area contributed by atoms with Gasteiger partial charge in [0.2, 0.25) is 0 Å². The van der Waals surface area contributed by atoms with E-state index in [4.69, 9.17) is 42.5 Å². The van der Waals surface area contributed by atoms with E-state index in [0.717, 1.165) is 15.3 Å². The second kappa shape index (κ2) is 11.5. The van der Waals surface area contributed by atoms with Gasteiger partial charge in [-0.2, -0.15) is 0 Å². The highest BCUT2D eigenvalue weighted by Gasteiger charge is 2.23. The first-order valence-electron chi connectivity index (χ1n) is 9.89. The molecule has 0 amide bonds. The molecule has 0 spiro atoms. The lowest BCUT2D eigenvalue weighted by molar-refractivity contribution is -0.377. The molecule has 1 aromatic carbocycles. The molecule has 0 fully saturated rings. The summed E-state index contributed by atoms with van der Waals surface area (Å²) in [4.78, 5) is 17.6. The molecule has 2 aromatic heterocycles. The van der Waals surface area contributed by atoms with Gasteiger partial charge in [-0.25, -0.2) is 4.98 Å². The Balaban J connectivity index is 1.86. The molecule has 1 atom stereocenters. The number of halogens is 2. The molecule has 0 aliphatic rings. The quantitative estimate of drug-likeness (QED) is 0.418. The highest BCUT2D eigenvalue weighted by atomic mass is 35.5. The van der Waals surface area contributed by atoms with Crippen LogP contribution in [-0.2, 0) is 28.8 Å². The van der Waals surface area contributed by atoms with Gasteiger partial charge in [0.25, 0.3) is 0 Å². The molecule has 3 rings (SSSR count). The van der Waals surface area contributed by atoms with Crippen molar-refractivity contribution in [2.24, 2.45) is 0 Å². The van der Waals surface area contributed by atoms with E-state index in [1.165, 1.54) is 11.3 Å². The predicted molar refractivity (Wildman–Crippen MR) is 124 cm³/mol. The topological polar surface area (TPSA) is 79.1 Å². The molecule has 6 nitrogen and oxygen atoms in total. The third-order valence-electron chi connectivity index (χ3n) is 4.83. The molecular formula is C23H24Cl2NO5S+. The molecular weight excluding hydrogens is 473 g/mol. The van der Waals surface area contributed by atoms with Crippen molar-refractivity contribution in [1.82, 2.24) is 0 Å². The number of benzene rings is 1. The Morgan fingerprint density at radius 2 is 1.75 bits per heavy atom. The van der Waals surface area contributed by atoms with Crippen molar-refractivity contribution in [2.75, 3.05) is 20.8 Å². The second-order valence-electron chi connectivity index (χ2n) is 6.95. The van der Waals surface area contributed by atoms with Gasteiger partial charge >= 0.3 is 5.97 Å². The number of ether oxygens (including phenoxy) is 3. The maximum absolute atomic E-state index is 12.8. The molecule has 0 unspecified atom stereocenters. The van der Waals surface area contributed by atoms with Crippen LogP contribution in [0.2, 0.25) is 10.0 Å². The van der Waals surface area contributed by atoms with Crippen molar-refractivity contribution < 1.29 is 29.1 Å². The van der Waals surface area contributed by atoms with E-state index in [1.807, 2.05) is 18.2 Å². The zero-order valence-electron chi connectivity index (χ0n) is 17.7. The van der Waals surface area contributed by atoms with Crippen LogP contribution >= 0.6 is 34.5 Å². The van der Waals surface area contributed by atoms with E-state index >= 15 is 0 Å². The zero-order chi connectivity index (χ0) is 23.1. The van der Waals surface area contributed by atoms with E-state index in [2.05, 4.69) is 4.98 Å². The van der Waals surface area contributed by atoms with E-state index < -0.39 is 6.10 Å². The number of aromatic nitrogens is 1. The van der Waals surface area contributed by atoms with Crippen molar-refractivity contribution in [1.29, 1.82) is 0 Å². The number of hydrogen-bond acceptors (Lipinski definition) is 6. The SMILES string of the molecule is COc1ccc([C@H](Cc2c(Cl)c[nH+]cc2Cl)OC(=O)Cc2ccc(CCO)s2)cc1OC. The molecule has 0 saturated heterocycles. The van der Waals surface area contributed by atoms with Gasteiger partial charge in [-0.15, -0.1) is 11.3 Å². The summed E-state index contributed by atoms with van der Waals surface area (Å²) in [7, 11) is 3.10. The van der Waals surface area contributed by atoms with Crippen LogP contribution in [-0.4, -0.2) is 31.9 Å². The van der Waals surface area contributed by atoms with Crippen LogP contribution in [0.1, 0.15) is 27.0 Å². The van der Waals surface area contributed by atoms with Crippen LogP contribution in [0.4, 0.5) is 0 Å². The largest absolute Gasteiger partial charge is 0.493 e. The number of methoxy groups -OCH3 is 2. The Kier molecular flexibility index (Phi) is 8.75. The number of thiophene rings is 1. The Morgan fingerprint density at radius 3 is 2.41 bits per heavy atom. The van der Waals surface area contributed by atoms with Crippen LogP contribution in [0.5, 0.6) is 11.5 Å². The summed E-state index contributed by atoms with van der Waals surface area (Å²) in [5.74, 6) is 0.718. The number of esters is 1. The summed E-state index contributed by atoms with van der Waals surface area (Å²) in [6.45, 7) is 0.0712. The van der Waals surface area contributed by atoms with Gasteiger partial charge in [0.1, 0.15) is 16.1 Å². The van der Waals surface area contributed by atoms with E-state index in [0.29, 0.717) is 33.5 Å². The molecule has 170 valence electrons. The van der Waals surface area contributed by atoms with E-state index in [1.54, 1.807) is 38.7 Å². The fraction of sp³-hybridized carbons (Fsp3) is 0.304. The van der Waals surface area contributed by atoms with Gasteiger partial charge in [0.15, 0.2) is 23.9 Å². The molecule has 0 bridgehead atoms. The summed E-state index contributed by atoms with van der Waals surface area (Å²) in [5, 5.41) is 9.99. The second-order valence-corrected chi connectivity index (χ2v) is 9.01. The average Bonchev–Trinajstić information content (AvgIpc) is 3.22. The van der Waals surface area contributed by atoms with Gasteiger partial charge in [-0.05, 0) is 29.8 Å². The summed E-state index contributed by atoms with van der Waals surface area (Å²) in [6, 6.07) is 9.15. The molecule has 0 aliphatic carbocycles. The van der Waals surface area contributed by atoms with E-state index in [-0.39, 0.29) is 25.4 Å². The number of carbonyl (C=O) groups is 1. The van der Waals surface area contributed by atoms with Crippen LogP contribution in [0.3, 0.4) is 0 Å². The fourth-order valence-corrected chi connectivity index (χ4v) is 4.77. The van der Waals surface area contributed by atoms with E-state index in [9.17, 15) is 4.79 Å². The van der Waals surface area contributed by atoms with Crippen molar-refractivity contribution in [3.05, 3.63) is 73.7 Å². The Morgan fingerprint density at radius 1 is 1.06 bits per heavy atom. The first-order chi connectivity index (χ1) is 15.4. The van der Waals surface area contributed by atoms with Crippen LogP contribution in [0.25, 0.3) is 0 Å². The minimum Gasteiger partial charge on any atom is -0.493 e. The summed E-state index contributed by atoms with van der Waals surface area (Å²) in [5.41, 5.74) is 1.39. The highest BCUT2D eigenvalue weighted by molar-refractivity contribution is 7.12. The average molecular weight is 497 g/mol. The molecule has 32 heavy (non-hydrogen) atoms. The maximum Gasteiger partial charge on any atom is 0.311 e. The lowest BCUT2D eigenvalue weighted by Crippen LogP contribution is -2.16. The summed E-state index contributed by atoms with van der Waals surface area (Å²) < 4.78 is 16.6. The van der Waals surface area contributed by atoms with Gasteiger partial charge in [-0.3, -0.25) is 4.79 Å². The number of pyridine rings is 1. The van der Waals surface area contributed by atoms with Crippen LogP contribution < -0.4 is 14.5 Å². The highest BCUT2D eigenvalue weighted by Crippen LogP contribution is 2.35. The third-order valence-corrected chi connectivity index (χ3v) is 6.65. The van der Waals surface area contributed by atoms with Crippen molar-refractivity contribution in [2.45, 2.75) is 25.4 Å². The minimum absolute atomic E-state index is 0.0712. The first-order valence-corrected chi connectivity index (χ1v) is 11.5. The van der Waals surface area contributed by atoms with Gasteiger partial charge in [0, 0.05) is 34.8 Å². The number of H-pyrrole nitrogens is 1. The van der Waals surface area contributed by atoms with Crippen molar-refractivity contribution >= 4 is 40.5 Å². The predicted octanol–water partition coefficient (Wildman–Crippen LogP) is 4.49. The molecule has 3 aromatic rings. The number of aliphatic hydroxyl groups excluding tert-OH is 1. The monoisotopic (exact) mass is 496 g/mol. The molecule has 2 heterocycles. The third kappa shape index (κ3) is 6.13. The number of rotatable bonds is 10. The Hall–Kier alpha value is -2.32. The number of aliphatic hydroxyl groups is 1. The van der Waals surface area contributed by atoms with Crippen molar-refractivity contribution in [3.8, 4) is 11.5 Å². The zero-order valence-corrected chi connectivity index (χ0v) is 20.0. The number of nitrogens with one attached hydrogen (secondary N) is 1. The van der Waals surface area contributed by atoms with Crippen molar-refractivity contribution in [3.63, 3.8) is 0 Å². The standard InChI is InChI=1S/C23H23Cl2NO5S/c1-29-20-6-3-14(9-22(20)30-2)21(11-17-18(24)12-26-13-19(17)25)31-23(28)10-16-5-4-15(32-16)7-8-27/h3-6,9,12-13,21,27H,7-8,10-11H2,1-2H3/p+1/t21-/m0/s1. The number of hydrogen-bond donors (Lipinski definition) is 1. The fourth-order valence-electron chi connectivity index (χ4n) is 3.24. The smallest absolute Gasteiger partial charge is 0.311 e. The molecule has 2 N–H and O–H groups in total. The summed E-state index contributed by atoms with van der Waals surface area (Å²) in [6.07, 6.45) is 3.60. The molecule has 0 aliphatic heterocycles.